The Hall–Kier alpha value is -2.72. The van der Waals surface area contributed by atoms with Crippen molar-refractivity contribution < 1.29 is 19.1 Å². The third-order valence-electron chi connectivity index (χ3n) is 3.91. The molecule has 0 unspecified atom stereocenters. The lowest BCUT2D eigenvalue weighted by atomic mass is 9.90. The summed E-state index contributed by atoms with van der Waals surface area (Å²) >= 11 is 0. The summed E-state index contributed by atoms with van der Waals surface area (Å²) in [7, 11) is 1.28. The molecule has 2 amide bonds. The Bertz CT molecular complexity index is 708. The molecule has 7 heteroatoms. The van der Waals surface area contributed by atoms with Crippen LogP contribution in [-0.4, -0.2) is 30.4 Å². The number of hydrogen-bond donors (Lipinski definition) is 2. The van der Waals surface area contributed by atoms with Crippen molar-refractivity contribution in [2.75, 3.05) is 7.11 Å². The summed E-state index contributed by atoms with van der Waals surface area (Å²) in [5.74, 6) is -1.21. The van der Waals surface area contributed by atoms with E-state index < -0.39 is 17.4 Å². The molecule has 2 N–H and O–H groups in total. The second-order valence-corrected chi connectivity index (χ2v) is 5.54. The van der Waals surface area contributed by atoms with Gasteiger partial charge >= 0.3 is 5.97 Å². The van der Waals surface area contributed by atoms with E-state index in [0.29, 0.717) is 23.1 Å². The Morgan fingerprint density at radius 2 is 2.22 bits per heavy atom. The molecule has 1 aliphatic heterocycles. The molecular formula is C16H17N3O4. The fraction of sp³-hybridized carbons (Fsp3) is 0.375. The zero-order chi connectivity index (χ0) is 17.0. The lowest BCUT2D eigenvalue weighted by Gasteiger charge is -2.32. The van der Waals surface area contributed by atoms with Crippen LogP contribution in [0.3, 0.4) is 0 Å². The molecule has 1 heterocycles. The Balaban J connectivity index is 2.22. The Morgan fingerprint density at radius 3 is 2.83 bits per heavy atom. The van der Waals surface area contributed by atoms with E-state index in [2.05, 4.69) is 10.6 Å². The van der Waals surface area contributed by atoms with Crippen molar-refractivity contribution in [2.45, 2.75) is 31.8 Å². The highest BCUT2D eigenvalue weighted by Gasteiger charge is 2.38. The van der Waals surface area contributed by atoms with Crippen LogP contribution in [-0.2, 0) is 20.9 Å². The Kier molecular flexibility index (Phi) is 4.77. The number of hydrogen-bond acceptors (Lipinski definition) is 6. The molecule has 0 radical (unpaired) electrons. The number of nitrogens with zero attached hydrogens (tertiary/aromatic N) is 1. The molecule has 7 nitrogen and oxygen atoms in total. The minimum atomic E-state index is -0.913. The van der Waals surface area contributed by atoms with Gasteiger partial charge in [-0.3, -0.25) is 20.2 Å². The molecule has 1 atom stereocenters. The second-order valence-electron chi connectivity index (χ2n) is 5.54. The number of esters is 1. The standard InChI is InChI=1S/C16H17N3O4/c1-16(6-5-13(20)19-15(16)22)18-9-11-7-10(8-17)3-4-12(11)14(21)23-2/h3-4,7,18H,5-6,9H2,1-2H3,(H,19,20,22)/t16-/m0/s1. The quantitative estimate of drug-likeness (QED) is 0.623. The number of carbonyl (C=O) groups is 3. The zero-order valence-electron chi connectivity index (χ0n) is 12.9. The smallest absolute Gasteiger partial charge is 0.338 e. The van der Waals surface area contributed by atoms with Gasteiger partial charge in [-0.2, -0.15) is 5.26 Å². The van der Waals surface area contributed by atoms with Gasteiger partial charge in [0.2, 0.25) is 11.8 Å². The first-order valence-electron chi connectivity index (χ1n) is 7.10. The van der Waals surface area contributed by atoms with Crippen molar-refractivity contribution in [1.29, 1.82) is 5.26 Å². The summed E-state index contributed by atoms with van der Waals surface area (Å²) in [4.78, 5) is 35.1. The molecule has 1 saturated heterocycles. The molecule has 0 spiro atoms. The maximum atomic E-state index is 12.0. The van der Waals surface area contributed by atoms with E-state index in [1.165, 1.54) is 19.2 Å². The molecule has 0 bridgehead atoms. The van der Waals surface area contributed by atoms with Crippen molar-refractivity contribution in [3.8, 4) is 6.07 Å². The monoisotopic (exact) mass is 315 g/mol. The van der Waals surface area contributed by atoms with Crippen molar-refractivity contribution in [3.63, 3.8) is 0 Å². The number of rotatable bonds is 4. The molecule has 0 aromatic heterocycles. The maximum Gasteiger partial charge on any atom is 0.338 e. The first-order chi connectivity index (χ1) is 10.9. The number of ether oxygens (including phenoxy) is 1. The number of nitrogens with one attached hydrogen (secondary N) is 2. The first kappa shape index (κ1) is 16.6. The van der Waals surface area contributed by atoms with Crippen LogP contribution >= 0.6 is 0 Å². The van der Waals surface area contributed by atoms with Crippen LogP contribution in [0.2, 0.25) is 0 Å². The highest BCUT2D eigenvalue weighted by molar-refractivity contribution is 6.02. The van der Waals surface area contributed by atoms with Crippen LogP contribution in [0.4, 0.5) is 0 Å². The van der Waals surface area contributed by atoms with E-state index in [1.807, 2.05) is 6.07 Å². The van der Waals surface area contributed by atoms with Gasteiger partial charge in [0.05, 0.1) is 29.8 Å². The number of imide groups is 1. The van der Waals surface area contributed by atoms with Crippen LogP contribution in [0.5, 0.6) is 0 Å². The van der Waals surface area contributed by atoms with E-state index in [-0.39, 0.29) is 18.9 Å². The molecule has 120 valence electrons. The maximum absolute atomic E-state index is 12.0. The van der Waals surface area contributed by atoms with Gasteiger partial charge in [-0.1, -0.05) is 0 Å². The first-order valence-corrected chi connectivity index (χ1v) is 7.10. The summed E-state index contributed by atoms with van der Waals surface area (Å²) in [6.45, 7) is 1.89. The van der Waals surface area contributed by atoms with Crippen LogP contribution < -0.4 is 10.6 Å². The normalized spacial score (nSPS) is 20.6. The minimum Gasteiger partial charge on any atom is -0.465 e. The second kappa shape index (κ2) is 6.58. The zero-order valence-corrected chi connectivity index (χ0v) is 12.9. The molecular weight excluding hydrogens is 298 g/mol. The number of piperidine rings is 1. The lowest BCUT2D eigenvalue weighted by molar-refractivity contribution is -0.138. The molecule has 23 heavy (non-hydrogen) atoms. The third-order valence-corrected chi connectivity index (χ3v) is 3.91. The van der Waals surface area contributed by atoms with Gasteiger partial charge in [0.15, 0.2) is 0 Å². The summed E-state index contributed by atoms with van der Waals surface area (Å²) in [6, 6.07) is 6.64. The average molecular weight is 315 g/mol. The molecule has 1 aliphatic rings. The molecule has 1 fully saturated rings. The van der Waals surface area contributed by atoms with Crippen molar-refractivity contribution in [1.82, 2.24) is 10.6 Å². The van der Waals surface area contributed by atoms with Gasteiger partial charge in [-0.15, -0.1) is 0 Å². The van der Waals surface area contributed by atoms with Gasteiger partial charge in [-0.05, 0) is 37.1 Å². The number of amides is 2. The average Bonchev–Trinajstić information content (AvgIpc) is 2.56. The Labute approximate surface area is 133 Å². The molecule has 2 rings (SSSR count). The number of methoxy groups -OCH3 is 1. The van der Waals surface area contributed by atoms with E-state index >= 15 is 0 Å². The van der Waals surface area contributed by atoms with E-state index in [1.54, 1.807) is 13.0 Å². The highest BCUT2D eigenvalue weighted by Crippen LogP contribution is 2.20. The highest BCUT2D eigenvalue weighted by atomic mass is 16.5. The summed E-state index contributed by atoms with van der Waals surface area (Å²) in [5, 5.41) is 14.4. The SMILES string of the molecule is COC(=O)c1ccc(C#N)cc1CN[C@@]1(C)CCC(=O)NC1=O. The van der Waals surface area contributed by atoms with Crippen LogP contribution in [0.15, 0.2) is 18.2 Å². The summed E-state index contributed by atoms with van der Waals surface area (Å²) in [6.07, 6.45) is 0.612. The van der Waals surface area contributed by atoms with Gasteiger partial charge in [-0.25, -0.2) is 4.79 Å². The van der Waals surface area contributed by atoms with E-state index in [0.717, 1.165) is 0 Å². The van der Waals surface area contributed by atoms with Crippen LogP contribution in [0.1, 0.15) is 41.3 Å². The van der Waals surface area contributed by atoms with Crippen molar-refractivity contribution in [3.05, 3.63) is 34.9 Å². The van der Waals surface area contributed by atoms with Crippen molar-refractivity contribution in [2.24, 2.45) is 0 Å². The molecule has 0 saturated carbocycles. The van der Waals surface area contributed by atoms with Gasteiger partial charge in [0.1, 0.15) is 0 Å². The fourth-order valence-electron chi connectivity index (χ4n) is 2.38. The molecule has 0 aliphatic carbocycles. The lowest BCUT2D eigenvalue weighted by Crippen LogP contribution is -2.59. The van der Waals surface area contributed by atoms with Crippen LogP contribution in [0, 0.1) is 11.3 Å². The minimum absolute atomic E-state index is 0.193. The number of carbonyl (C=O) groups excluding carboxylic acids is 3. The largest absolute Gasteiger partial charge is 0.465 e. The van der Waals surface area contributed by atoms with Gasteiger partial charge in [0, 0.05) is 13.0 Å². The predicted molar refractivity (Wildman–Crippen MR) is 80.1 cm³/mol. The van der Waals surface area contributed by atoms with E-state index in [4.69, 9.17) is 10.00 Å². The number of benzene rings is 1. The predicted octanol–water partition coefficient (Wildman–Crippen LogP) is 0.630. The fourth-order valence-corrected chi connectivity index (χ4v) is 2.38. The van der Waals surface area contributed by atoms with E-state index in [9.17, 15) is 14.4 Å². The van der Waals surface area contributed by atoms with Gasteiger partial charge in [0.25, 0.3) is 0 Å². The molecule has 1 aromatic carbocycles. The number of nitriles is 1. The topological polar surface area (TPSA) is 108 Å². The Morgan fingerprint density at radius 1 is 1.48 bits per heavy atom. The summed E-state index contributed by atoms with van der Waals surface area (Å²) in [5.41, 5.74) is 0.379. The van der Waals surface area contributed by atoms with Gasteiger partial charge < -0.3 is 4.74 Å². The molecule has 1 aromatic rings. The summed E-state index contributed by atoms with van der Waals surface area (Å²) < 4.78 is 4.73. The van der Waals surface area contributed by atoms with Crippen molar-refractivity contribution >= 4 is 17.8 Å². The van der Waals surface area contributed by atoms with Crippen LogP contribution in [0.25, 0.3) is 0 Å². The third kappa shape index (κ3) is 3.55.